The number of piperidine rings is 1. The van der Waals surface area contributed by atoms with Crippen LogP contribution in [0.25, 0.3) is 0 Å². The summed E-state index contributed by atoms with van der Waals surface area (Å²) in [5.74, 6) is 0.233. The molecule has 0 radical (unpaired) electrons. The zero-order valence-electron chi connectivity index (χ0n) is 9.67. The summed E-state index contributed by atoms with van der Waals surface area (Å²) in [5.41, 5.74) is 0.0824. The topological polar surface area (TPSA) is 58.2 Å². The van der Waals surface area contributed by atoms with Crippen LogP contribution in [-0.2, 0) is 10.0 Å². The van der Waals surface area contributed by atoms with Crippen LogP contribution in [0.3, 0.4) is 0 Å². The molecule has 2 N–H and O–H groups in total. The highest BCUT2D eigenvalue weighted by molar-refractivity contribution is 7.89. The van der Waals surface area contributed by atoms with E-state index in [4.69, 9.17) is 0 Å². The summed E-state index contributed by atoms with van der Waals surface area (Å²) in [6.07, 6.45) is 2.89. The minimum Gasteiger partial charge on any atom is -0.316 e. The lowest BCUT2D eigenvalue weighted by atomic mass is 9.83. The molecule has 15 heavy (non-hydrogen) atoms. The first-order valence-corrected chi connectivity index (χ1v) is 7.31. The number of hydrogen-bond donors (Lipinski definition) is 2. The third-order valence-corrected chi connectivity index (χ3v) is 4.41. The van der Waals surface area contributed by atoms with E-state index in [0.29, 0.717) is 13.0 Å². The van der Waals surface area contributed by atoms with Gasteiger partial charge < -0.3 is 5.32 Å². The van der Waals surface area contributed by atoms with Crippen molar-refractivity contribution in [2.45, 2.75) is 33.1 Å². The number of hydrogen-bond acceptors (Lipinski definition) is 3. The van der Waals surface area contributed by atoms with Crippen LogP contribution < -0.4 is 10.0 Å². The molecule has 1 aliphatic heterocycles. The van der Waals surface area contributed by atoms with Gasteiger partial charge in [0.2, 0.25) is 10.0 Å². The number of rotatable bonds is 5. The molecule has 1 unspecified atom stereocenters. The van der Waals surface area contributed by atoms with E-state index >= 15 is 0 Å². The van der Waals surface area contributed by atoms with Gasteiger partial charge in [0.1, 0.15) is 0 Å². The second kappa shape index (κ2) is 5.27. The fourth-order valence-corrected chi connectivity index (χ4v) is 3.14. The molecule has 4 nitrogen and oxygen atoms in total. The van der Waals surface area contributed by atoms with Crippen molar-refractivity contribution in [3.05, 3.63) is 0 Å². The summed E-state index contributed by atoms with van der Waals surface area (Å²) in [6.45, 7) is 6.53. The Balaban J connectivity index is 2.41. The first kappa shape index (κ1) is 12.9. The van der Waals surface area contributed by atoms with Gasteiger partial charge in [0.25, 0.3) is 0 Å². The van der Waals surface area contributed by atoms with Crippen LogP contribution in [-0.4, -0.2) is 33.8 Å². The van der Waals surface area contributed by atoms with Gasteiger partial charge in [-0.15, -0.1) is 0 Å². The highest BCUT2D eigenvalue weighted by Gasteiger charge is 2.27. The van der Waals surface area contributed by atoms with E-state index in [0.717, 1.165) is 25.9 Å². The van der Waals surface area contributed by atoms with Crippen LogP contribution in [0.1, 0.15) is 33.1 Å². The molecular weight excluding hydrogens is 212 g/mol. The molecular formula is C10H22N2O2S. The van der Waals surface area contributed by atoms with E-state index in [1.165, 1.54) is 0 Å². The quantitative estimate of drug-likeness (QED) is 0.736. The molecule has 5 heteroatoms. The van der Waals surface area contributed by atoms with Crippen molar-refractivity contribution >= 4 is 10.0 Å². The largest absolute Gasteiger partial charge is 0.316 e. The molecule has 0 aromatic rings. The predicted octanol–water partition coefficient (Wildman–Crippen LogP) is 0.706. The first-order valence-electron chi connectivity index (χ1n) is 5.65. The normalized spacial score (nSPS) is 27.9. The molecule has 1 rings (SSSR count). The maximum absolute atomic E-state index is 11.5. The van der Waals surface area contributed by atoms with E-state index in [1.54, 1.807) is 0 Å². The van der Waals surface area contributed by atoms with Gasteiger partial charge in [0.05, 0.1) is 5.75 Å². The summed E-state index contributed by atoms with van der Waals surface area (Å²) >= 11 is 0. The Morgan fingerprint density at radius 3 is 2.73 bits per heavy atom. The molecule has 0 aliphatic carbocycles. The van der Waals surface area contributed by atoms with Crippen molar-refractivity contribution in [3.63, 3.8) is 0 Å². The second-order valence-electron chi connectivity index (χ2n) is 4.73. The van der Waals surface area contributed by atoms with Crippen molar-refractivity contribution in [1.82, 2.24) is 10.0 Å². The lowest BCUT2D eigenvalue weighted by molar-refractivity contribution is 0.238. The molecule has 1 fully saturated rings. The van der Waals surface area contributed by atoms with E-state index in [9.17, 15) is 8.42 Å². The second-order valence-corrected chi connectivity index (χ2v) is 6.66. The van der Waals surface area contributed by atoms with Gasteiger partial charge in [0, 0.05) is 13.1 Å². The van der Waals surface area contributed by atoms with Gasteiger partial charge in [0.15, 0.2) is 0 Å². The summed E-state index contributed by atoms with van der Waals surface area (Å²) in [7, 11) is -3.05. The third-order valence-electron chi connectivity index (χ3n) is 2.88. The Morgan fingerprint density at radius 1 is 1.47 bits per heavy atom. The van der Waals surface area contributed by atoms with Gasteiger partial charge in [-0.1, -0.05) is 13.8 Å². The van der Waals surface area contributed by atoms with Crippen molar-refractivity contribution in [3.8, 4) is 0 Å². The summed E-state index contributed by atoms with van der Waals surface area (Å²) in [4.78, 5) is 0. The average molecular weight is 234 g/mol. The third kappa shape index (κ3) is 4.49. The zero-order valence-corrected chi connectivity index (χ0v) is 10.5. The van der Waals surface area contributed by atoms with Crippen molar-refractivity contribution in [1.29, 1.82) is 0 Å². The first-order chi connectivity index (χ1) is 6.97. The maximum Gasteiger partial charge on any atom is 0.211 e. The fraction of sp³-hybridized carbons (Fsp3) is 1.00. The molecule has 0 amide bonds. The Morgan fingerprint density at radius 2 is 2.20 bits per heavy atom. The lowest BCUT2D eigenvalue weighted by Gasteiger charge is -2.34. The summed E-state index contributed by atoms with van der Waals surface area (Å²) in [6, 6.07) is 0. The zero-order chi connectivity index (χ0) is 11.4. The summed E-state index contributed by atoms with van der Waals surface area (Å²) in [5, 5.41) is 3.31. The predicted molar refractivity (Wildman–Crippen MR) is 62.3 cm³/mol. The highest BCUT2D eigenvalue weighted by atomic mass is 32.2. The molecule has 0 saturated carbocycles. The molecule has 90 valence electrons. The highest BCUT2D eigenvalue weighted by Crippen LogP contribution is 2.24. The number of nitrogens with one attached hydrogen (secondary N) is 2. The standard InChI is InChI=1S/C10H22N2O2S/c1-3-7-15(13,14)12-9-10(2)5-4-6-11-8-10/h11-12H,3-9H2,1-2H3. The molecule has 0 aromatic heterocycles. The summed E-state index contributed by atoms with van der Waals surface area (Å²) < 4.78 is 25.7. The average Bonchev–Trinajstić information content (AvgIpc) is 2.17. The molecule has 1 aliphatic rings. The minimum atomic E-state index is -3.05. The monoisotopic (exact) mass is 234 g/mol. The maximum atomic E-state index is 11.5. The lowest BCUT2D eigenvalue weighted by Crippen LogP contribution is -2.46. The van der Waals surface area contributed by atoms with E-state index in [-0.39, 0.29) is 11.2 Å². The van der Waals surface area contributed by atoms with Gasteiger partial charge in [-0.05, 0) is 31.2 Å². The van der Waals surface area contributed by atoms with Gasteiger partial charge in [-0.25, -0.2) is 13.1 Å². The Labute approximate surface area is 92.9 Å². The van der Waals surface area contributed by atoms with Crippen molar-refractivity contribution in [2.24, 2.45) is 5.41 Å². The smallest absolute Gasteiger partial charge is 0.211 e. The molecule has 0 aromatic carbocycles. The van der Waals surface area contributed by atoms with E-state index in [2.05, 4.69) is 17.0 Å². The van der Waals surface area contributed by atoms with Crippen LogP contribution in [0.2, 0.25) is 0 Å². The Hall–Kier alpha value is -0.130. The van der Waals surface area contributed by atoms with Gasteiger partial charge in [-0.3, -0.25) is 0 Å². The molecule has 1 heterocycles. The van der Waals surface area contributed by atoms with Crippen LogP contribution in [0.4, 0.5) is 0 Å². The van der Waals surface area contributed by atoms with Crippen LogP contribution in [0.5, 0.6) is 0 Å². The SMILES string of the molecule is CCCS(=O)(=O)NCC1(C)CCCNC1. The van der Waals surface area contributed by atoms with Gasteiger partial charge >= 0.3 is 0 Å². The van der Waals surface area contributed by atoms with Crippen LogP contribution in [0.15, 0.2) is 0 Å². The van der Waals surface area contributed by atoms with Crippen molar-refractivity contribution in [2.75, 3.05) is 25.4 Å². The van der Waals surface area contributed by atoms with Crippen LogP contribution in [0, 0.1) is 5.41 Å². The van der Waals surface area contributed by atoms with Crippen LogP contribution >= 0.6 is 0 Å². The molecule has 1 saturated heterocycles. The molecule has 0 spiro atoms. The van der Waals surface area contributed by atoms with Gasteiger partial charge in [-0.2, -0.15) is 0 Å². The fourth-order valence-electron chi connectivity index (χ4n) is 1.89. The molecule has 0 bridgehead atoms. The van der Waals surface area contributed by atoms with E-state index in [1.807, 2.05) is 6.92 Å². The molecule has 1 atom stereocenters. The van der Waals surface area contributed by atoms with Crippen molar-refractivity contribution < 1.29 is 8.42 Å². The van der Waals surface area contributed by atoms with E-state index < -0.39 is 10.0 Å². The minimum absolute atomic E-state index is 0.0824. The number of sulfonamides is 1. The Kier molecular flexibility index (Phi) is 4.55. The Bertz CT molecular complexity index is 282.